The van der Waals surface area contributed by atoms with Crippen LogP contribution in [-0.2, 0) is 32.2 Å². The first-order chi connectivity index (χ1) is 21.1. The molecule has 0 amide bonds. The van der Waals surface area contributed by atoms with E-state index >= 15 is 0 Å². The number of pyridine rings is 1. The number of hydrogen-bond acceptors (Lipinski definition) is 8. The Morgan fingerprint density at radius 1 is 0.913 bits per heavy atom. The van der Waals surface area contributed by atoms with Crippen LogP contribution in [0.2, 0.25) is 0 Å². The predicted octanol–water partition coefficient (Wildman–Crippen LogP) is 5.30. The first-order valence-corrected chi connectivity index (χ1v) is 13.8. The van der Waals surface area contributed by atoms with Crippen molar-refractivity contribution in [1.82, 2.24) is 14.8 Å². The minimum Gasteiger partial charge on any atom is -0.475 e. The normalized spacial score (nSPS) is 17.9. The highest BCUT2D eigenvalue weighted by atomic mass is 32.1. The van der Waals surface area contributed by atoms with Gasteiger partial charge in [0.1, 0.15) is 0 Å². The van der Waals surface area contributed by atoms with Gasteiger partial charge in [-0.25, -0.2) is 14.4 Å². The number of thiophene rings is 1. The quantitative estimate of drug-likeness (QED) is 0.353. The van der Waals surface area contributed by atoms with Crippen LogP contribution in [0.25, 0.3) is 0 Å². The lowest BCUT2D eigenvalue weighted by molar-refractivity contribution is -0.193. The van der Waals surface area contributed by atoms with Gasteiger partial charge in [0.15, 0.2) is 0 Å². The summed E-state index contributed by atoms with van der Waals surface area (Å²) >= 11 is 1.86. The molecule has 4 rings (SSSR count). The number of aliphatic carboxylic acids is 3. The standard InChI is InChI=1S/C20H27N3OS.3C2HF3O2/c1-22(14-17-4-8-21-9-5-17)18-13-20(24-16-18)6-10-23(11-7-20)15-19-3-2-12-25-19;3*3-2(4,5)1(6)7/h2-5,8-9,12,18H,6-7,10-11,13-16H2,1H3;3*(H,6,7). The minimum absolute atomic E-state index is 0.114. The van der Waals surface area contributed by atoms with Crippen LogP contribution in [0, 0.1) is 0 Å². The fraction of sp³-hybridized carbons (Fsp3) is 0.538. The summed E-state index contributed by atoms with van der Waals surface area (Å²) in [4.78, 5) is 37.3. The maximum Gasteiger partial charge on any atom is 0.490 e. The summed E-state index contributed by atoms with van der Waals surface area (Å²) in [5, 5.41) is 23.5. The van der Waals surface area contributed by atoms with E-state index in [2.05, 4.69) is 51.5 Å². The number of halogens is 9. The Morgan fingerprint density at radius 3 is 1.76 bits per heavy atom. The van der Waals surface area contributed by atoms with Crippen LogP contribution in [0.5, 0.6) is 0 Å². The number of carbonyl (C=O) groups is 3. The second-order valence-electron chi connectivity index (χ2n) is 9.89. The molecule has 0 saturated carbocycles. The van der Waals surface area contributed by atoms with E-state index in [1.807, 2.05) is 23.7 Å². The molecule has 10 nitrogen and oxygen atoms in total. The van der Waals surface area contributed by atoms with Gasteiger partial charge in [-0.15, -0.1) is 11.3 Å². The molecule has 46 heavy (non-hydrogen) atoms. The Bertz CT molecular complexity index is 1160. The molecule has 2 aliphatic heterocycles. The smallest absolute Gasteiger partial charge is 0.475 e. The zero-order valence-corrected chi connectivity index (χ0v) is 24.7. The average Bonchev–Trinajstić information content (AvgIpc) is 3.61. The van der Waals surface area contributed by atoms with Gasteiger partial charge in [0, 0.05) is 49.5 Å². The van der Waals surface area contributed by atoms with E-state index in [0.717, 1.165) is 45.6 Å². The van der Waals surface area contributed by atoms with Gasteiger partial charge < -0.3 is 20.1 Å². The molecule has 1 unspecified atom stereocenters. The SMILES string of the molecule is CN(Cc1ccncc1)C1COC2(CCN(Cc3cccs3)CC2)C1.O=C(O)C(F)(F)F.O=C(O)C(F)(F)F.O=C(O)C(F)(F)F. The number of carboxylic acid groups (broad SMARTS) is 3. The molecule has 260 valence electrons. The first-order valence-electron chi connectivity index (χ1n) is 12.9. The molecule has 2 fully saturated rings. The molecule has 0 aromatic carbocycles. The number of ether oxygens (including phenoxy) is 1. The predicted molar refractivity (Wildman–Crippen MR) is 143 cm³/mol. The molecule has 0 aliphatic carbocycles. The highest BCUT2D eigenvalue weighted by molar-refractivity contribution is 7.09. The number of likely N-dealkylation sites (N-methyl/N-ethyl adjacent to an activating group) is 1. The van der Waals surface area contributed by atoms with Gasteiger partial charge >= 0.3 is 36.4 Å². The number of aromatic nitrogens is 1. The molecule has 20 heteroatoms. The van der Waals surface area contributed by atoms with Crippen molar-refractivity contribution in [3.8, 4) is 0 Å². The second-order valence-corrected chi connectivity index (χ2v) is 10.9. The van der Waals surface area contributed by atoms with E-state index < -0.39 is 36.4 Å². The maximum absolute atomic E-state index is 10.6. The molecular weight excluding hydrogens is 669 g/mol. The summed E-state index contributed by atoms with van der Waals surface area (Å²) in [6.45, 7) is 5.24. The van der Waals surface area contributed by atoms with E-state index in [1.165, 1.54) is 16.9 Å². The van der Waals surface area contributed by atoms with Crippen LogP contribution in [0.1, 0.15) is 29.7 Å². The summed E-state index contributed by atoms with van der Waals surface area (Å²) in [7, 11) is 2.22. The van der Waals surface area contributed by atoms with Crippen molar-refractivity contribution in [3.05, 3.63) is 52.5 Å². The maximum atomic E-state index is 10.6. The van der Waals surface area contributed by atoms with Gasteiger partial charge in [0.05, 0.1) is 12.2 Å². The molecule has 2 aliphatic rings. The lowest BCUT2D eigenvalue weighted by atomic mass is 9.87. The van der Waals surface area contributed by atoms with Crippen LogP contribution in [0.15, 0.2) is 42.0 Å². The number of carboxylic acids is 3. The van der Waals surface area contributed by atoms with E-state index in [1.54, 1.807) is 0 Å². The van der Waals surface area contributed by atoms with Crippen molar-refractivity contribution in [2.45, 2.75) is 62.5 Å². The van der Waals surface area contributed by atoms with E-state index in [-0.39, 0.29) is 5.60 Å². The molecule has 0 bridgehead atoms. The zero-order chi connectivity index (χ0) is 35.3. The third-order valence-electron chi connectivity index (χ3n) is 6.45. The van der Waals surface area contributed by atoms with E-state index in [0.29, 0.717) is 6.04 Å². The van der Waals surface area contributed by atoms with E-state index in [4.69, 9.17) is 34.4 Å². The largest absolute Gasteiger partial charge is 0.490 e. The van der Waals surface area contributed by atoms with Crippen LogP contribution < -0.4 is 0 Å². The summed E-state index contributed by atoms with van der Waals surface area (Å²) in [5.41, 5.74) is 1.44. The van der Waals surface area contributed by atoms with Crippen molar-refractivity contribution in [1.29, 1.82) is 0 Å². The number of piperidine rings is 1. The van der Waals surface area contributed by atoms with Crippen LogP contribution >= 0.6 is 11.3 Å². The molecule has 4 heterocycles. The summed E-state index contributed by atoms with van der Waals surface area (Å²) in [6.07, 6.45) is -8.00. The third-order valence-corrected chi connectivity index (χ3v) is 7.31. The van der Waals surface area contributed by atoms with Gasteiger partial charge in [-0.2, -0.15) is 39.5 Å². The molecule has 2 aromatic rings. The summed E-state index contributed by atoms with van der Waals surface area (Å²) < 4.78 is 102. The number of nitrogens with zero attached hydrogens (tertiary/aromatic N) is 3. The number of hydrogen-bond donors (Lipinski definition) is 3. The highest BCUT2D eigenvalue weighted by Crippen LogP contribution is 2.38. The molecule has 0 radical (unpaired) electrons. The third kappa shape index (κ3) is 15.2. The van der Waals surface area contributed by atoms with Gasteiger partial charge in [0.25, 0.3) is 0 Å². The molecule has 3 N–H and O–H groups in total. The van der Waals surface area contributed by atoms with Crippen molar-refractivity contribution >= 4 is 29.2 Å². The van der Waals surface area contributed by atoms with Crippen molar-refractivity contribution in [3.63, 3.8) is 0 Å². The Kier molecular flexibility index (Phi) is 15.4. The molecule has 2 saturated heterocycles. The lowest BCUT2D eigenvalue weighted by Crippen LogP contribution is -2.44. The molecule has 1 spiro atoms. The Balaban J connectivity index is 0.000000413. The first kappa shape index (κ1) is 40.5. The Morgan fingerprint density at radius 2 is 1.37 bits per heavy atom. The second kappa shape index (κ2) is 17.4. The van der Waals surface area contributed by atoms with Gasteiger partial charge in [-0.05, 0) is 55.5 Å². The lowest BCUT2D eigenvalue weighted by Gasteiger charge is -2.38. The van der Waals surface area contributed by atoms with Crippen molar-refractivity contribution < 1.29 is 74.0 Å². The fourth-order valence-corrected chi connectivity index (χ4v) is 4.84. The minimum atomic E-state index is -5.08. The molecule has 2 aromatic heterocycles. The van der Waals surface area contributed by atoms with Crippen molar-refractivity contribution in [2.24, 2.45) is 0 Å². The van der Waals surface area contributed by atoms with Crippen molar-refractivity contribution in [2.75, 3.05) is 26.7 Å². The topological polar surface area (TPSA) is 140 Å². The summed E-state index contributed by atoms with van der Waals surface area (Å²) in [6, 6.07) is 9.12. The number of rotatable bonds is 5. The van der Waals surface area contributed by atoms with Crippen LogP contribution in [0.3, 0.4) is 0 Å². The van der Waals surface area contributed by atoms with E-state index in [9.17, 15) is 39.5 Å². The number of likely N-dealkylation sites (tertiary alicyclic amines) is 1. The average molecular weight is 700 g/mol. The Labute approximate surface area is 260 Å². The monoisotopic (exact) mass is 699 g/mol. The molecular formula is C26H30F9N3O7S. The molecule has 1 atom stereocenters. The zero-order valence-electron chi connectivity index (χ0n) is 23.9. The van der Waals surface area contributed by atoms with Crippen LogP contribution in [0.4, 0.5) is 39.5 Å². The van der Waals surface area contributed by atoms with Crippen LogP contribution in [-0.4, -0.2) is 105 Å². The summed E-state index contributed by atoms with van der Waals surface area (Å²) in [5.74, 6) is -8.27. The number of alkyl halides is 9. The van der Waals surface area contributed by atoms with Gasteiger partial charge in [-0.1, -0.05) is 6.07 Å². The Hall–Kier alpha value is -3.49. The van der Waals surface area contributed by atoms with Gasteiger partial charge in [0.2, 0.25) is 0 Å². The fourth-order valence-electron chi connectivity index (χ4n) is 4.10. The highest BCUT2D eigenvalue weighted by Gasteiger charge is 2.44. The van der Waals surface area contributed by atoms with Gasteiger partial charge in [-0.3, -0.25) is 14.8 Å².